The molecule has 8 heteroatoms. The largest absolute Gasteiger partial charge is 0.495 e. The van der Waals surface area contributed by atoms with Crippen molar-refractivity contribution >= 4 is 27.4 Å². The summed E-state index contributed by atoms with van der Waals surface area (Å²) in [4.78, 5) is 7.56. The van der Waals surface area contributed by atoms with Crippen LogP contribution in [0.2, 0.25) is 5.15 Å². The van der Waals surface area contributed by atoms with E-state index in [9.17, 15) is 8.42 Å². The maximum atomic E-state index is 12.2. The third-order valence-electron chi connectivity index (χ3n) is 2.24. The van der Waals surface area contributed by atoms with Crippen LogP contribution in [-0.4, -0.2) is 25.5 Å². The Morgan fingerprint density at radius 3 is 2.58 bits per heavy atom. The molecule has 0 aliphatic heterocycles. The third kappa shape index (κ3) is 2.94. The second kappa shape index (κ2) is 5.41. The van der Waals surface area contributed by atoms with E-state index in [1.54, 1.807) is 18.2 Å². The normalized spacial score (nSPS) is 11.1. The summed E-state index contributed by atoms with van der Waals surface area (Å²) in [6, 6.07) is 6.24. The van der Waals surface area contributed by atoms with Gasteiger partial charge in [-0.25, -0.2) is 18.4 Å². The van der Waals surface area contributed by atoms with E-state index in [2.05, 4.69) is 14.7 Å². The van der Waals surface area contributed by atoms with Crippen molar-refractivity contribution in [3.8, 4) is 5.75 Å². The minimum atomic E-state index is -3.84. The van der Waals surface area contributed by atoms with Crippen LogP contribution in [-0.2, 0) is 10.0 Å². The molecule has 0 atom stereocenters. The summed E-state index contributed by atoms with van der Waals surface area (Å²) in [5.41, 5.74) is 0. The van der Waals surface area contributed by atoms with Gasteiger partial charge in [-0.05, 0) is 12.1 Å². The van der Waals surface area contributed by atoms with Gasteiger partial charge in [-0.1, -0.05) is 23.7 Å². The van der Waals surface area contributed by atoms with E-state index in [-0.39, 0.29) is 21.6 Å². The maximum Gasteiger partial charge on any atom is 0.266 e. The number of nitrogens with zero attached hydrogens (tertiary/aromatic N) is 2. The van der Waals surface area contributed by atoms with E-state index in [4.69, 9.17) is 16.3 Å². The highest BCUT2D eigenvalue weighted by Crippen LogP contribution is 2.26. The van der Waals surface area contributed by atoms with E-state index >= 15 is 0 Å². The highest BCUT2D eigenvalue weighted by Gasteiger charge is 2.20. The Labute approximate surface area is 115 Å². The zero-order chi connectivity index (χ0) is 13.9. The highest BCUT2D eigenvalue weighted by atomic mass is 35.5. The first-order valence-electron chi connectivity index (χ1n) is 5.17. The van der Waals surface area contributed by atoms with Crippen molar-refractivity contribution in [3.05, 3.63) is 41.8 Å². The van der Waals surface area contributed by atoms with Crippen LogP contribution < -0.4 is 9.46 Å². The summed E-state index contributed by atoms with van der Waals surface area (Å²) in [5.74, 6) is 0.199. The lowest BCUT2D eigenvalue weighted by molar-refractivity contribution is 0.403. The van der Waals surface area contributed by atoms with Gasteiger partial charge in [-0.3, -0.25) is 4.72 Å². The van der Waals surface area contributed by atoms with E-state index in [1.807, 2.05) is 0 Å². The van der Waals surface area contributed by atoms with Crippen LogP contribution >= 0.6 is 11.6 Å². The molecule has 0 spiro atoms. The van der Waals surface area contributed by atoms with Crippen LogP contribution in [0.5, 0.6) is 5.75 Å². The predicted molar refractivity (Wildman–Crippen MR) is 70.8 cm³/mol. The van der Waals surface area contributed by atoms with Gasteiger partial charge in [-0.15, -0.1) is 0 Å². The SMILES string of the molecule is COc1ccccc1S(=O)(=O)Nc1nccnc1Cl. The van der Waals surface area contributed by atoms with Crippen molar-refractivity contribution in [2.45, 2.75) is 4.90 Å². The lowest BCUT2D eigenvalue weighted by Crippen LogP contribution is -2.15. The van der Waals surface area contributed by atoms with Crippen LogP contribution in [0, 0.1) is 0 Å². The molecule has 19 heavy (non-hydrogen) atoms. The zero-order valence-corrected chi connectivity index (χ0v) is 11.4. The summed E-state index contributed by atoms with van der Waals surface area (Å²) in [7, 11) is -2.45. The molecular weight excluding hydrogens is 290 g/mol. The Bertz CT molecular complexity index is 691. The van der Waals surface area contributed by atoms with E-state index in [1.165, 1.54) is 25.6 Å². The first-order valence-corrected chi connectivity index (χ1v) is 7.03. The average molecular weight is 300 g/mol. The van der Waals surface area contributed by atoms with Gasteiger partial charge in [0.15, 0.2) is 11.0 Å². The van der Waals surface area contributed by atoms with Gasteiger partial charge in [0, 0.05) is 12.4 Å². The molecule has 0 saturated carbocycles. The van der Waals surface area contributed by atoms with Crippen molar-refractivity contribution in [2.24, 2.45) is 0 Å². The number of aromatic nitrogens is 2. The minimum absolute atomic E-state index is 0.000722. The number of hydrogen-bond acceptors (Lipinski definition) is 5. The number of ether oxygens (including phenoxy) is 1. The van der Waals surface area contributed by atoms with Gasteiger partial charge in [0.05, 0.1) is 7.11 Å². The molecule has 0 aliphatic rings. The molecule has 0 amide bonds. The smallest absolute Gasteiger partial charge is 0.266 e. The molecule has 2 aromatic rings. The molecular formula is C11H10ClN3O3S. The van der Waals surface area contributed by atoms with Gasteiger partial charge in [0.2, 0.25) is 0 Å². The highest BCUT2D eigenvalue weighted by molar-refractivity contribution is 7.92. The van der Waals surface area contributed by atoms with Gasteiger partial charge < -0.3 is 4.74 Å². The monoisotopic (exact) mass is 299 g/mol. The van der Waals surface area contributed by atoms with Gasteiger partial charge in [0.25, 0.3) is 10.0 Å². The standard InChI is InChI=1S/C11H10ClN3O3S/c1-18-8-4-2-3-5-9(8)19(16,17)15-11-10(12)13-6-7-14-11/h2-7H,1H3,(H,14,15). The topological polar surface area (TPSA) is 81.2 Å². The summed E-state index contributed by atoms with van der Waals surface area (Å²) in [6.45, 7) is 0. The maximum absolute atomic E-state index is 12.2. The minimum Gasteiger partial charge on any atom is -0.495 e. The molecule has 0 bridgehead atoms. The van der Waals surface area contributed by atoms with Crippen LogP contribution in [0.3, 0.4) is 0 Å². The van der Waals surface area contributed by atoms with Crippen molar-refractivity contribution in [3.63, 3.8) is 0 Å². The third-order valence-corrected chi connectivity index (χ3v) is 3.90. The molecule has 1 heterocycles. The zero-order valence-electron chi connectivity index (χ0n) is 9.87. The molecule has 1 aromatic carbocycles. The molecule has 0 aliphatic carbocycles. The van der Waals surface area contributed by atoms with Crippen molar-refractivity contribution in [1.82, 2.24) is 9.97 Å². The Balaban J connectivity index is 2.41. The van der Waals surface area contributed by atoms with Crippen molar-refractivity contribution < 1.29 is 13.2 Å². The number of anilines is 1. The van der Waals surface area contributed by atoms with Crippen LogP contribution in [0.1, 0.15) is 0 Å². The number of rotatable bonds is 4. The number of sulfonamides is 1. The molecule has 1 N–H and O–H groups in total. The van der Waals surface area contributed by atoms with Crippen LogP contribution in [0.15, 0.2) is 41.6 Å². The van der Waals surface area contributed by atoms with Crippen LogP contribution in [0.4, 0.5) is 5.82 Å². The molecule has 1 aromatic heterocycles. The summed E-state index contributed by atoms with van der Waals surface area (Å²) < 4.78 is 31.7. The first-order chi connectivity index (χ1) is 9.04. The Kier molecular flexibility index (Phi) is 3.87. The molecule has 0 radical (unpaired) electrons. The Morgan fingerprint density at radius 2 is 1.89 bits per heavy atom. The number of halogens is 1. The second-order valence-corrected chi connectivity index (χ2v) is 5.46. The van der Waals surface area contributed by atoms with E-state index in [0.29, 0.717) is 0 Å². The molecule has 6 nitrogen and oxygen atoms in total. The van der Waals surface area contributed by atoms with Gasteiger partial charge >= 0.3 is 0 Å². The Hall–Kier alpha value is -1.86. The fourth-order valence-corrected chi connectivity index (χ4v) is 2.81. The number of nitrogens with one attached hydrogen (secondary N) is 1. The quantitative estimate of drug-likeness (QED) is 0.933. The fraction of sp³-hybridized carbons (Fsp3) is 0.0909. The fourth-order valence-electron chi connectivity index (χ4n) is 1.41. The Morgan fingerprint density at radius 1 is 1.21 bits per heavy atom. The number of methoxy groups -OCH3 is 1. The van der Waals surface area contributed by atoms with Crippen molar-refractivity contribution in [1.29, 1.82) is 0 Å². The number of hydrogen-bond donors (Lipinski definition) is 1. The lowest BCUT2D eigenvalue weighted by atomic mass is 10.3. The number of benzene rings is 1. The van der Waals surface area contributed by atoms with Gasteiger partial charge in [-0.2, -0.15) is 0 Å². The predicted octanol–water partition coefficient (Wildman–Crippen LogP) is 1.94. The molecule has 2 rings (SSSR count). The lowest BCUT2D eigenvalue weighted by Gasteiger charge is -2.10. The molecule has 0 saturated heterocycles. The van der Waals surface area contributed by atoms with E-state index < -0.39 is 10.0 Å². The number of para-hydroxylation sites is 1. The first kappa shape index (κ1) is 13.6. The molecule has 0 fully saturated rings. The van der Waals surface area contributed by atoms with Crippen LogP contribution in [0.25, 0.3) is 0 Å². The van der Waals surface area contributed by atoms with E-state index in [0.717, 1.165) is 0 Å². The summed E-state index contributed by atoms with van der Waals surface area (Å²) in [5, 5.41) is -0.0269. The summed E-state index contributed by atoms with van der Waals surface area (Å²) >= 11 is 5.76. The summed E-state index contributed by atoms with van der Waals surface area (Å²) in [6.07, 6.45) is 2.70. The van der Waals surface area contributed by atoms with Gasteiger partial charge in [0.1, 0.15) is 10.6 Å². The average Bonchev–Trinajstić information content (AvgIpc) is 2.41. The second-order valence-electron chi connectivity index (χ2n) is 3.45. The molecule has 0 unspecified atom stereocenters. The van der Waals surface area contributed by atoms with Crippen molar-refractivity contribution in [2.75, 3.05) is 11.8 Å². The molecule has 100 valence electrons.